The van der Waals surface area contributed by atoms with Crippen molar-refractivity contribution in [3.8, 4) is 0 Å². The van der Waals surface area contributed by atoms with E-state index in [0.717, 1.165) is 19.3 Å². The molecule has 1 aliphatic rings. The number of esters is 2. The Morgan fingerprint density at radius 3 is 2.50 bits per heavy atom. The molecule has 2 atom stereocenters. The molecule has 0 aliphatic carbocycles. The molecule has 1 aliphatic heterocycles. The van der Waals surface area contributed by atoms with E-state index in [2.05, 4.69) is 6.92 Å². The van der Waals surface area contributed by atoms with E-state index in [1.165, 1.54) is 0 Å². The fourth-order valence-electron chi connectivity index (χ4n) is 1.65. The van der Waals surface area contributed by atoms with E-state index in [1.807, 2.05) is 6.92 Å². The van der Waals surface area contributed by atoms with E-state index in [-0.39, 0.29) is 30.9 Å². The summed E-state index contributed by atoms with van der Waals surface area (Å²) in [5.74, 6) is -0.255. The molecule has 1 rings (SSSR count). The van der Waals surface area contributed by atoms with Crippen LogP contribution in [-0.2, 0) is 19.1 Å². The average Bonchev–Trinajstić information content (AvgIpc) is 2.24. The van der Waals surface area contributed by atoms with Crippen molar-refractivity contribution in [2.24, 2.45) is 5.92 Å². The molecule has 0 aromatic heterocycles. The van der Waals surface area contributed by atoms with Gasteiger partial charge in [0.2, 0.25) is 0 Å². The summed E-state index contributed by atoms with van der Waals surface area (Å²) < 4.78 is 10.2. The smallest absolute Gasteiger partial charge is 0.306 e. The maximum absolute atomic E-state index is 11.4. The zero-order chi connectivity index (χ0) is 12.0. The molecule has 1 fully saturated rings. The molecule has 0 bridgehead atoms. The highest BCUT2D eigenvalue weighted by molar-refractivity contribution is 5.77. The number of carbonyl (C=O) groups excluding carboxylic acids is 2. The standard InChI is InChI=1S/C12H20O4/c1-9-5-3-4-8-15-11(13)6-7-12(14)16-10(9)2/h9-10H,3-8H2,1-2H3. The first kappa shape index (κ1) is 13.0. The summed E-state index contributed by atoms with van der Waals surface area (Å²) in [7, 11) is 0. The molecule has 0 aromatic carbocycles. The van der Waals surface area contributed by atoms with Gasteiger partial charge in [0.1, 0.15) is 6.10 Å². The Balaban J connectivity index is 2.48. The second-order valence-corrected chi connectivity index (χ2v) is 4.39. The lowest BCUT2D eigenvalue weighted by Gasteiger charge is -2.21. The second-order valence-electron chi connectivity index (χ2n) is 4.39. The van der Waals surface area contributed by atoms with Crippen LogP contribution in [0, 0.1) is 5.92 Å². The molecule has 0 spiro atoms. The number of cyclic esters (lactones) is 2. The summed E-state index contributed by atoms with van der Waals surface area (Å²) >= 11 is 0. The average molecular weight is 228 g/mol. The van der Waals surface area contributed by atoms with E-state index in [0.29, 0.717) is 12.5 Å². The molecule has 0 N–H and O–H groups in total. The summed E-state index contributed by atoms with van der Waals surface area (Å²) in [4.78, 5) is 22.5. The van der Waals surface area contributed by atoms with Gasteiger partial charge in [0.15, 0.2) is 0 Å². The van der Waals surface area contributed by atoms with Crippen molar-refractivity contribution in [2.45, 2.75) is 52.1 Å². The molecule has 92 valence electrons. The Bertz CT molecular complexity index is 249. The Morgan fingerprint density at radius 1 is 1.06 bits per heavy atom. The maximum atomic E-state index is 11.4. The summed E-state index contributed by atoms with van der Waals surface area (Å²) in [5.41, 5.74) is 0. The molecule has 1 saturated heterocycles. The van der Waals surface area contributed by atoms with Crippen molar-refractivity contribution in [1.82, 2.24) is 0 Å². The normalized spacial score (nSPS) is 29.6. The van der Waals surface area contributed by atoms with Gasteiger partial charge in [-0.3, -0.25) is 9.59 Å². The lowest BCUT2D eigenvalue weighted by atomic mass is 9.99. The molecule has 4 nitrogen and oxygen atoms in total. The van der Waals surface area contributed by atoms with Gasteiger partial charge in [0, 0.05) is 0 Å². The fraction of sp³-hybridized carbons (Fsp3) is 0.833. The van der Waals surface area contributed by atoms with Gasteiger partial charge in [-0.15, -0.1) is 0 Å². The molecule has 2 unspecified atom stereocenters. The van der Waals surface area contributed by atoms with Crippen LogP contribution in [0.25, 0.3) is 0 Å². The summed E-state index contributed by atoms with van der Waals surface area (Å²) in [6, 6.07) is 0. The van der Waals surface area contributed by atoms with Crippen LogP contribution in [0.4, 0.5) is 0 Å². The lowest BCUT2D eigenvalue weighted by molar-refractivity contribution is -0.155. The first-order valence-electron chi connectivity index (χ1n) is 5.94. The number of rotatable bonds is 0. The highest BCUT2D eigenvalue weighted by atomic mass is 16.5. The fourth-order valence-corrected chi connectivity index (χ4v) is 1.65. The van der Waals surface area contributed by atoms with Gasteiger partial charge in [-0.2, -0.15) is 0 Å². The molecule has 0 aromatic rings. The van der Waals surface area contributed by atoms with Crippen molar-refractivity contribution < 1.29 is 19.1 Å². The van der Waals surface area contributed by atoms with Crippen LogP contribution >= 0.6 is 0 Å². The van der Waals surface area contributed by atoms with Crippen LogP contribution in [0.3, 0.4) is 0 Å². The highest BCUT2D eigenvalue weighted by Crippen LogP contribution is 2.16. The van der Waals surface area contributed by atoms with Gasteiger partial charge in [-0.1, -0.05) is 6.92 Å². The topological polar surface area (TPSA) is 52.6 Å². The van der Waals surface area contributed by atoms with Crippen molar-refractivity contribution >= 4 is 11.9 Å². The molecular formula is C12H20O4. The molecule has 0 saturated carbocycles. The summed E-state index contributed by atoms with van der Waals surface area (Å²) in [6.07, 6.45) is 3.05. The van der Waals surface area contributed by atoms with Crippen LogP contribution < -0.4 is 0 Å². The van der Waals surface area contributed by atoms with Crippen molar-refractivity contribution in [3.63, 3.8) is 0 Å². The van der Waals surface area contributed by atoms with Gasteiger partial charge < -0.3 is 9.47 Å². The SMILES string of the molecule is CC1CCCCOC(=O)CCC(=O)OC1C. The van der Waals surface area contributed by atoms with Crippen LogP contribution in [0.1, 0.15) is 46.0 Å². The third-order valence-corrected chi connectivity index (χ3v) is 2.97. The predicted molar refractivity (Wildman–Crippen MR) is 58.8 cm³/mol. The van der Waals surface area contributed by atoms with E-state index < -0.39 is 0 Å². The van der Waals surface area contributed by atoms with E-state index in [1.54, 1.807) is 0 Å². The van der Waals surface area contributed by atoms with Crippen molar-refractivity contribution in [2.75, 3.05) is 6.61 Å². The first-order chi connectivity index (χ1) is 7.59. The lowest BCUT2D eigenvalue weighted by Crippen LogP contribution is -2.23. The predicted octanol–water partition coefficient (Wildman–Crippen LogP) is 2.06. The first-order valence-corrected chi connectivity index (χ1v) is 5.94. The molecule has 0 radical (unpaired) electrons. The van der Waals surface area contributed by atoms with Crippen LogP contribution in [0.15, 0.2) is 0 Å². The Kier molecular flexibility index (Phi) is 5.29. The zero-order valence-corrected chi connectivity index (χ0v) is 10.0. The van der Waals surface area contributed by atoms with Gasteiger partial charge in [-0.25, -0.2) is 0 Å². The molecule has 1 heterocycles. The van der Waals surface area contributed by atoms with Crippen LogP contribution in [0.2, 0.25) is 0 Å². The van der Waals surface area contributed by atoms with E-state index in [9.17, 15) is 9.59 Å². The van der Waals surface area contributed by atoms with Gasteiger partial charge in [0.25, 0.3) is 0 Å². The Hall–Kier alpha value is -1.06. The zero-order valence-electron chi connectivity index (χ0n) is 10.0. The van der Waals surface area contributed by atoms with E-state index >= 15 is 0 Å². The van der Waals surface area contributed by atoms with Crippen molar-refractivity contribution in [1.29, 1.82) is 0 Å². The number of ether oxygens (including phenoxy) is 2. The minimum atomic E-state index is -0.308. The Morgan fingerprint density at radius 2 is 1.75 bits per heavy atom. The highest BCUT2D eigenvalue weighted by Gasteiger charge is 2.18. The number of carbonyl (C=O) groups is 2. The molecule has 4 heteroatoms. The minimum Gasteiger partial charge on any atom is -0.466 e. The van der Waals surface area contributed by atoms with E-state index in [4.69, 9.17) is 9.47 Å². The monoisotopic (exact) mass is 228 g/mol. The van der Waals surface area contributed by atoms with Gasteiger partial charge in [0.05, 0.1) is 19.4 Å². The van der Waals surface area contributed by atoms with Crippen molar-refractivity contribution in [3.05, 3.63) is 0 Å². The van der Waals surface area contributed by atoms with Gasteiger partial charge in [-0.05, 0) is 32.1 Å². The third kappa shape index (κ3) is 4.64. The minimum absolute atomic E-state index is 0.0667. The molecule has 0 amide bonds. The molecule has 16 heavy (non-hydrogen) atoms. The third-order valence-electron chi connectivity index (χ3n) is 2.97. The van der Waals surface area contributed by atoms with Crippen LogP contribution in [-0.4, -0.2) is 24.6 Å². The summed E-state index contributed by atoms with van der Waals surface area (Å²) in [6.45, 7) is 4.46. The maximum Gasteiger partial charge on any atom is 0.306 e. The largest absolute Gasteiger partial charge is 0.466 e. The van der Waals surface area contributed by atoms with Crippen LogP contribution in [0.5, 0.6) is 0 Å². The number of hydrogen-bond donors (Lipinski definition) is 0. The number of hydrogen-bond acceptors (Lipinski definition) is 4. The molecular weight excluding hydrogens is 208 g/mol. The van der Waals surface area contributed by atoms with Gasteiger partial charge >= 0.3 is 11.9 Å². The second kappa shape index (κ2) is 6.51. The Labute approximate surface area is 96.3 Å². The summed E-state index contributed by atoms with van der Waals surface area (Å²) in [5, 5.41) is 0. The quantitative estimate of drug-likeness (QED) is 0.595.